The van der Waals surface area contributed by atoms with E-state index in [4.69, 9.17) is 17.3 Å². The van der Waals surface area contributed by atoms with Gasteiger partial charge in [0.15, 0.2) is 0 Å². The number of anilines is 2. The number of benzene rings is 1. The quantitative estimate of drug-likeness (QED) is 0.642. The van der Waals surface area contributed by atoms with Crippen molar-refractivity contribution in [2.75, 3.05) is 17.6 Å². The van der Waals surface area contributed by atoms with Gasteiger partial charge in [0.2, 0.25) is 0 Å². The van der Waals surface area contributed by atoms with Crippen molar-refractivity contribution in [2.45, 2.75) is 12.6 Å². The fourth-order valence-electron chi connectivity index (χ4n) is 1.05. The zero-order chi connectivity index (χ0) is 12.3. The van der Waals surface area contributed by atoms with Gasteiger partial charge in [0.05, 0.1) is 22.8 Å². The molecule has 0 amide bonds. The van der Waals surface area contributed by atoms with Crippen molar-refractivity contribution < 1.29 is 17.6 Å². The van der Waals surface area contributed by atoms with E-state index >= 15 is 0 Å². The minimum Gasteiger partial charge on any atom is -0.397 e. The molecule has 0 atom stereocenters. The topological polar surface area (TPSA) is 38.0 Å². The van der Waals surface area contributed by atoms with Crippen LogP contribution < -0.4 is 11.1 Å². The zero-order valence-corrected chi connectivity index (χ0v) is 8.79. The lowest BCUT2D eigenvalue weighted by Crippen LogP contribution is -2.15. The van der Waals surface area contributed by atoms with E-state index < -0.39 is 18.4 Å². The lowest BCUT2D eigenvalue weighted by Gasteiger charge is -2.11. The Kier molecular flexibility index (Phi) is 3.85. The van der Waals surface area contributed by atoms with Gasteiger partial charge < -0.3 is 11.1 Å². The Morgan fingerprint density at radius 2 is 1.94 bits per heavy atom. The summed E-state index contributed by atoms with van der Waals surface area (Å²) in [6.45, 7) is -0.366. The summed E-state index contributed by atoms with van der Waals surface area (Å²) in [5.41, 5.74) is 5.65. The SMILES string of the molecule is Nc1cc(Cl)c(F)cc1NCCC(F)(F)F. The first-order valence-corrected chi connectivity index (χ1v) is 4.72. The molecule has 0 saturated heterocycles. The molecule has 2 nitrogen and oxygen atoms in total. The van der Waals surface area contributed by atoms with Crippen molar-refractivity contribution in [1.29, 1.82) is 0 Å². The number of hydrogen-bond donors (Lipinski definition) is 2. The van der Waals surface area contributed by atoms with Crippen LogP contribution >= 0.6 is 11.6 Å². The van der Waals surface area contributed by atoms with Gasteiger partial charge in [-0.1, -0.05) is 11.6 Å². The van der Waals surface area contributed by atoms with Crippen LogP contribution in [0.4, 0.5) is 28.9 Å². The van der Waals surface area contributed by atoms with E-state index in [0.717, 1.165) is 12.1 Å². The highest BCUT2D eigenvalue weighted by Gasteiger charge is 2.26. The predicted molar refractivity (Wildman–Crippen MR) is 55.0 cm³/mol. The molecule has 1 aromatic carbocycles. The highest BCUT2D eigenvalue weighted by atomic mass is 35.5. The van der Waals surface area contributed by atoms with Crippen LogP contribution in [-0.2, 0) is 0 Å². The van der Waals surface area contributed by atoms with Crippen LogP contribution in [0.15, 0.2) is 12.1 Å². The van der Waals surface area contributed by atoms with Gasteiger partial charge in [-0.2, -0.15) is 13.2 Å². The first-order valence-electron chi connectivity index (χ1n) is 4.35. The third-order valence-corrected chi connectivity index (χ3v) is 2.11. The Hall–Kier alpha value is -1.17. The number of rotatable bonds is 3. The molecule has 1 aromatic rings. The molecule has 0 heterocycles. The van der Waals surface area contributed by atoms with Crippen LogP contribution in [0.2, 0.25) is 5.02 Å². The lowest BCUT2D eigenvalue weighted by atomic mass is 10.2. The molecule has 7 heteroatoms. The van der Waals surface area contributed by atoms with Crippen molar-refractivity contribution in [2.24, 2.45) is 0 Å². The summed E-state index contributed by atoms with van der Waals surface area (Å²) < 4.78 is 48.5. The van der Waals surface area contributed by atoms with Gasteiger partial charge in [-0.15, -0.1) is 0 Å². The van der Waals surface area contributed by atoms with E-state index in [1.165, 1.54) is 0 Å². The molecule has 1 rings (SSSR count). The molecule has 0 radical (unpaired) electrons. The maximum Gasteiger partial charge on any atom is 0.390 e. The fourth-order valence-corrected chi connectivity index (χ4v) is 1.23. The normalized spacial score (nSPS) is 11.6. The number of alkyl halides is 3. The summed E-state index contributed by atoms with van der Waals surface area (Å²) in [6.07, 6.45) is -5.27. The van der Waals surface area contributed by atoms with Crippen LogP contribution in [0.1, 0.15) is 6.42 Å². The minimum atomic E-state index is -4.26. The van der Waals surface area contributed by atoms with E-state index in [9.17, 15) is 17.6 Å². The summed E-state index contributed by atoms with van der Waals surface area (Å²) in [6, 6.07) is 2.11. The molecule has 0 aromatic heterocycles. The van der Waals surface area contributed by atoms with E-state index in [1.807, 2.05) is 0 Å². The molecule has 90 valence electrons. The smallest absolute Gasteiger partial charge is 0.390 e. The van der Waals surface area contributed by atoms with Gasteiger partial charge in [-0.25, -0.2) is 4.39 Å². The van der Waals surface area contributed by atoms with Crippen LogP contribution in [-0.4, -0.2) is 12.7 Å². The summed E-state index contributed by atoms with van der Waals surface area (Å²) >= 11 is 5.43. The molecule has 0 aliphatic carbocycles. The van der Waals surface area contributed by atoms with Crippen molar-refractivity contribution in [3.05, 3.63) is 23.0 Å². The van der Waals surface area contributed by atoms with Crippen molar-refractivity contribution in [1.82, 2.24) is 0 Å². The molecule has 0 spiro atoms. The first-order chi connectivity index (χ1) is 7.29. The Morgan fingerprint density at radius 3 is 2.50 bits per heavy atom. The summed E-state index contributed by atoms with van der Waals surface area (Å²) in [5.74, 6) is -0.731. The van der Waals surface area contributed by atoms with Crippen LogP contribution in [0.5, 0.6) is 0 Å². The van der Waals surface area contributed by atoms with Gasteiger partial charge in [-0.3, -0.25) is 0 Å². The maximum absolute atomic E-state index is 13.0. The van der Waals surface area contributed by atoms with Gasteiger partial charge in [0, 0.05) is 12.6 Å². The second-order valence-corrected chi connectivity index (χ2v) is 3.55. The average Bonchev–Trinajstić information content (AvgIpc) is 2.11. The van der Waals surface area contributed by atoms with Crippen LogP contribution in [0.3, 0.4) is 0 Å². The fraction of sp³-hybridized carbons (Fsp3) is 0.333. The highest BCUT2D eigenvalue weighted by molar-refractivity contribution is 6.31. The molecular weight excluding hydrogens is 248 g/mol. The third-order valence-electron chi connectivity index (χ3n) is 1.82. The molecular formula is C9H9ClF4N2. The number of nitrogens with one attached hydrogen (secondary N) is 1. The van der Waals surface area contributed by atoms with E-state index in [1.54, 1.807) is 0 Å². The minimum absolute atomic E-state index is 0.103. The second-order valence-electron chi connectivity index (χ2n) is 3.15. The van der Waals surface area contributed by atoms with Gasteiger partial charge >= 0.3 is 6.18 Å². The Labute approximate surface area is 94.4 Å². The van der Waals surface area contributed by atoms with Crippen molar-refractivity contribution in [3.8, 4) is 0 Å². The van der Waals surface area contributed by atoms with Crippen LogP contribution in [0, 0.1) is 5.82 Å². The van der Waals surface area contributed by atoms with Crippen molar-refractivity contribution >= 4 is 23.0 Å². The average molecular weight is 257 g/mol. The van der Waals surface area contributed by atoms with Crippen molar-refractivity contribution in [3.63, 3.8) is 0 Å². The standard InChI is InChI=1S/C9H9ClF4N2/c10-5-3-7(15)8(4-6(5)11)16-2-1-9(12,13)14/h3-4,16H,1-2,15H2. The first kappa shape index (κ1) is 12.9. The molecule has 0 fully saturated rings. The molecule has 0 saturated carbocycles. The summed E-state index contributed by atoms with van der Waals surface area (Å²) in [4.78, 5) is 0. The number of nitrogen functional groups attached to an aromatic ring is 1. The molecule has 16 heavy (non-hydrogen) atoms. The van der Waals surface area contributed by atoms with Gasteiger partial charge in [-0.05, 0) is 6.07 Å². The second kappa shape index (κ2) is 4.78. The van der Waals surface area contributed by atoms with Crippen LogP contribution in [0.25, 0.3) is 0 Å². The number of halogens is 5. The Balaban J connectivity index is 2.64. The molecule has 0 aliphatic heterocycles. The Bertz CT molecular complexity index is 379. The molecule has 3 N–H and O–H groups in total. The summed E-state index contributed by atoms with van der Waals surface area (Å²) in [5, 5.41) is 2.23. The van der Waals surface area contributed by atoms with Gasteiger partial charge in [0.25, 0.3) is 0 Å². The van der Waals surface area contributed by atoms with E-state index in [2.05, 4.69) is 5.32 Å². The highest BCUT2D eigenvalue weighted by Crippen LogP contribution is 2.27. The third kappa shape index (κ3) is 3.77. The largest absolute Gasteiger partial charge is 0.397 e. The van der Waals surface area contributed by atoms with E-state index in [-0.39, 0.29) is 22.9 Å². The summed E-state index contributed by atoms with van der Waals surface area (Å²) in [7, 11) is 0. The van der Waals surface area contributed by atoms with E-state index in [0.29, 0.717) is 0 Å². The number of nitrogens with two attached hydrogens (primary N) is 1. The number of hydrogen-bond acceptors (Lipinski definition) is 2. The van der Waals surface area contributed by atoms with Gasteiger partial charge in [0.1, 0.15) is 5.82 Å². The monoisotopic (exact) mass is 256 g/mol. The molecule has 0 bridgehead atoms. The Morgan fingerprint density at radius 1 is 1.31 bits per heavy atom. The lowest BCUT2D eigenvalue weighted by molar-refractivity contribution is -0.131. The molecule has 0 aliphatic rings. The molecule has 0 unspecified atom stereocenters. The maximum atomic E-state index is 13.0. The predicted octanol–water partition coefficient (Wildman–Crippen LogP) is 3.43. The zero-order valence-electron chi connectivity index (χ0n) is 8.04.